The van der Waals surface area contributed by atoms with E-state index in [1.54, 1.807) is 13.1 Å². The molecule has 1 aromatic rings. The number of carbonyl (C=O) groups is 1. The van der Waals surface area contributed by atoms with Gasteiger partial charge < -0.3 is 11.5 Å². The molecule has 0 saturated carbocycles. The van der Waals surface area contributed by atoms with Crippen LogP contribution in [0.25, 0.3) is 0 Å². The second-order valence-electron chi connectivity index (χ2n) is 2.83. The summed E-state index contributed by atoms with van der Waals surface area (Å²) in [6.07, 6.45) is 0. The van der Waals surface area contributed by atoms with Gasteiger partial charge in [0.2, 0.25) is 0 Å². The largest absolute Gasteiger partial charge is 0.370 e. The van der Waals surface area contributed by atoms with Gasteiger partial charge in [-0.3, -0.25) is 4.90 Å². The minimum Gasteiger partial charge on any atom is -0.370 e. The fourth-order valence-electron chi connectivity index (χ4n) is 1.01. The third-order valence-corrected chi connectivity index (χ3v) is 2.40. The maximum Gasteiger partial charge on any atom is 0.350 e. The van der Waals surface area contributed by atoms with Crippen molar-refractivity contribution in [3.63, 3.8) is 0 Å². The van der Waals surface area contributed by atoms with Crippen LogP contribution in [-0.4, -0.2) is 19.0 Å². The second-order valence-corrected chi connectivity index (χ2v) is 3.68. The lowest BCUT2D eigenvalue weighted by atomic mass is 10.3. The molecule has 0 spiro atoms. The Kier molecular flexibility index (Phi) is 3.68. The Morgan fingerprint density at radius 3 is 2.53 bits per heavy atom. The second kappa shape index (κ2) is 4.79. The minimum atomic E-state index is -0.512. The lowest BCUT2D eigenvalue weighted by Gasteiger charge is -2.15. The van der Waals surface area contributed by atoms with E-state index in [9.17, 15) is 4.79 Å². The van der Waals surface area contributed by atoms with Gasteiger partial charge in [-0.25, -0.2) is 4.79 Å². The SMILES string of the molecule is CN(C(=O)N=C(N)N)c1ccccc1Br. The van der Waals surface area contributed by atoms with Crippen LogP contribution in [0.3, 0.4) is 0 Å². The molecule has 0 atom stereocenters. The van der Waals surface area contributed by atoms with E-state index in [0.717, 1.165) is 4.47 Å². The fraction of sp³-hybridized carbons (Fsp3) is 0.111. The summed E-state index contributed by atoms with van der Waals surface area (Å²) >= 11 is 3.33. The molecule has 0 saturated heterocycles. The zero-order valence-electron chi connectivity index (χ0n) is 8.14. The Hall–Kier alpha value is -1.56. The first-order valence-electron chi connectivity index (χ1n) is 4.14. The number of para-hydroxylation sites is 1. The highest BCUT2D eigenvalue weighted by molar-refractivity contribution is 9.10. The zero-order chi connectivity index (χ0) is 11.4. The molecule has 0 radical (unpaired) electrons. The highest BCUT2D eigenvalue weighted by atomic mass is 79.9. The maximum absolute atomic E-state index is 11.5. The van der Waals surface area contributed by atoms with Gasteiger partial charge in [-0.2, -0.15) is 4.99 Å². The van der Waals surface area contributed by atoms with Crippen LogP contribution < -0.4 is 16.4 Å². The lowest BCUT2D eigenvalue weighted by Crippen LogP contribution is -2.30. The van der Waals surface area contributed by atoms with Gasteiger partial charge in [0.1, 0.15) is 0 Å². The van der Waals surface area contributed by atoms with Crippen LogP contribution in [-0.2, 0) is 0 Å². The average Bonchev–Trinajstić information content (AvgIpc) is 2.16. The average molecular weight is 271 g/mol. The zero-order valence-corrected chi connectivity index (χ0v) is 9.73. The van der Waals surface area contributed by atoms with Crippen molar-refractivity contribution >= 4 is 33.6 Å². The van der Waals surface area contributed by atoms with E-state index in [0.29, 0.717) is 5.69 Å². The molecule has 0 unspecified atom stereocenters. The van der Waals surface area contributed by atoms with Crippen LogP contribution in [0.15, 0.2) is 33.7 Å². The smallest absolute Gasteiger partial charge is 0.350 e. The molecule has 2 amide bonds. The van der Waals surface area contributed by atoms with E-state index in [-0.39, 0.29) is 5.96 Å². The van der Waals surface area contributed by atoms with Gasteiger partial charge >= 0.3 is 6.03 Å². The summed E-state index contributed by atoms with van der Waals surface area (Å²) in [5, 5.41) is 0. The number of guanidine groups is 1. The Morgan fingerprint density at radius 2 is 2.00 bits per heavy atom. The molecule has 15 heavy (non-hydrogen) atoms. The molecular weight excluding hydrogens is 260 g/mol. The number of amides is 2. The molecule has 6 heteroatoms. The predicted octanol–water partition coefficient (Wildman–Crippen LogP) is 1.28. The lowest BCUT2D eigenvalue weighted by molar-refractivity contribution is 0.255. The molecule has 0 aliphatic carbocycles. The van der Waals surface area contributed by atoms with Crippen LogP contribution in [0.5, 0.6) is 0 Å². The Labute approximate surface area is 95.9 Å². The third-order valence-electron chi connectivity index (χ3n) is 1.73. The normalized spacial score (nSPS) is 9.47. The number of nitrogens with two attached hydrogens (primary N) is 2. The number of nitrogens with zero attached hydrogens (tertiary/aromatic N) is 2. The van der Waals surface area contributed by atoms with Crippen molar-refractivity contribution < 1.29 is 4.79 Å². The van der Waals surface area contributed by atoms with Crippen LogP contribution in [0, 0.1) is 0 Å². The number of urea groups is 1. The molecule has 1 aromatic carbocycles. The standard InChI is InChI=1S/C9H11BrN4O/c1-14(9(15)13-8(11)12)7-5-3-2-4-6(7)10/h2-5H,1H3,(H4,11,12,13,15). The van der Waals surface area contributed by atoms with E-state index in [1.807, 2.05) is 18.2 Å². The molecule has 1 rings (SSSR count). The van der Waals surface area contributed by atoms with Gasteiger partial charge in [0.25, 0.3) is 0 Å². The molecule has 80 valence electrons. The molecule has 0 fully saturated rings. The quantitative estimate of drug-likeness (QED) is 0.596. The predicted molar refractivity (Wildman–Crippen MR) is 63.8 cm³/mol. The van der Waals surface area contributed by atoms with E-state index >= 15 is 0 Å². The number of aliphatic imine (C=N–C) groups is 1. The van der Waals surface area contributed by atoms with Crippen LogP contribution >= 0.6 is 15.9 Å². The molecule has 0 aromatic heterocycles. The molecule has 0 bridgehead atoms. The van der Waals surface area contributed by atoms with Crippen molar-refractivity contribution in [2.24, 2.45) is 16.5 Å². The summed E-state index contributed by atoms with van der Waals surface area (Å²) < 4.78 is 0.798. The summed E-state index contributed by atoms with van der Waals surface area (Å²) in [6, 6.07) is 6.77. The number of carbonyl (C=O) groups excluding carboxylic acids is 1. The number of hydrogen-bond donors (Lipinski definition) is 2. The summed E-state index contributed by atoms with van der Waals surface area (Å²) in [5.41, 5.74) is 10.9. The van der Waals surface area contributed by atoms with Crippen molar-refractivity contribution in [3.05, 3.63) is 28.7 Å². The summed E-state index contributed by atoms with van der Waals surface area (Å²) in [5.74, 6) is -0.251. The molecule has 0 aliphatic heterocycles. The molecule has 5 nitrogen and oxygen atoms in total. The van der Waals surface area contributed by atoms with Crippen molar-refractivity contribution in [1.29, 1.82) is 0 Å². The monoisotopic (exact) mass is 270 g/mol. The minimum absolute atomic E-state index is 0.251. The Bertz CT molecular complexity index is 401. The third kappa shape index (κ3) is 2.95. The van der Waals surface area contributed by atoms with Crippen molar-refractivity contribution in [3.8, 4) is 0 Å². The number of hydrogen-bond acceptors (Lipinski definition) is 1. The van der Waals surface area contributed by atoms with Crippen molar-refractivity contribution in [1.82, 2.24) is 0 Å². The Balaban J connectivity index is 2.95. The van der Waals surface area contributed by atoms with Crippen LogP contribution in [0.2, 0.25) is 0 Å². The van der Waals surface area contributed by atoms with E-state index in [2.05, 4.69) is 20.9 Å². The molecular formula is C9H11BrN4O. The van der Waals surface area contributed by atoms with Crippen molar-refractivity contribution in [2.45, 2.75) is 0 Å². The first-order valence-corrected chi connectivity index (χ1v) is 4.93. The van der Waals surface area contributed by atoms with Gasteiger partial charge in [-0.1, -0.05) is 12.1 Å². The highest BCUT2D eigenvalue weighted by Gasteiger charge is 2.11. The van der Waals surface area contributed by atoms with Crippen molar-refractivity contribution in [2.75, 3.05) is 11.9 Å². The number of anilines is 1. The van der Waals surface area contributed by atoms with Gasteiger partial charge in [0.15, 0.2) is 5.96 Å². The van der Waals surface area contributed by atoms with Crippen LogP contribution in [0.1, 0.15) is 0 Å². The Morgan fingerprint density at radius 1 is 1.40 bits per heavy atom. The van der Waals surface area contributed by atoms with Gasteiger partial charge in [0, 0.05) is 11.5 Å². The highest BCUT2D eigenvalue weighted by Crippen LogP contribution is 2.24. The van der Waals surface area contributed by atoms with E-state index in [1.165, 1.54) is 4.90 Å². The van der Waals surface area contributed by atoms with Gasteiger partial charge in [0.05, 0.1) is 5.69 Å². The number of benzene rings is 1. The topological polar surface area (TPSA) is 84.7 Å². The maximum atomic E-state index is 11.5. The van der Waals surface area contributed by atoms with E-state index < -0.39 is 6.03 Å². The molecule has 0 aliphatic rings. The summed E-state index contributed by atoms with van der Waals surface area (Å²) in [4.78, 5) is 16.2. The molecule has 4 N–H and O–H groups in total. The first kappa shape index (κ1) is 11.5. The number of rotatable bonds is 1. The first-order chi connectivity index (χ1) is 7.02. The van der Waals surface area contributed by atoms with Gasteiger partial charge in [-0.05, 0) is 28.1 Å². The summed E-state index contributed by atoms with van der Waals surface area (Å²) in [7, 11) is 1.59. The van der Waals surface area contributed by atoms with Gasteiger partial charge in [-0.15, -0.1) is 0 Å². The molecule has 0 heterocycles. The summed E-state index contributed by atoms with van der Waals surface area (Å²) in [6.45, 7) is 0. The van der Waals surface area contributed by atoms with Crippen LogP contribution in [0.4, 0.5) is 10.5 Å². The number of halogens is 1. The fourth-order valence-corrected chi connectivity index (χ4v) is 1.56. The van der Waals surface area contributed by atoms with E-state index in [4.69, 9.17) is 11.5 Å².